The third kappa shape index (κ3) is 52.3. The van der Waals surface area contributed by atoms with Gasteiger partial charge in [0.1, 0.15) is 13.2 Å². The molecular weight excluding hydrogens is 817 g/mol. The van der Waals surface area contributed by atoms with Crippen molar-refractivity contribution in [2.24, 2.45) is 0 Å². The predicted molar refractivity (Wildman–Crippen MR) is 284 cm³/mol. The van der Waals surface area contributed by atoms with Crippen LogP contribution in [0.25, 0.3) is 0 Å². The zero-order valence-corrected chi connectivity index (χ0v) is 44.0. The SMILES string of the molecule is CCCC/C=C\C/C=C\CCCCCCCC(=O)OCC(COC(=O)CCCCCCCCCCC/C=C\C/C=C\CCCCC)OC(=O)CCCCCCCCCCCCCCCCC. The fourth-order valence-electron chi connectivity index (χ4n) is 8.20. The molecule has 0 saturated carbocycles. The van der Waals surface area contributed by atoms with Crippen molar-refractivity contribution in [3.8, 4) is 0 Å². The molecule has 0 N–H and O–H groups in total. The zero-order chi connectivity index (χ0) is 47.9. The highest BCUT2D eigenvalue weighted by molar-refractivity contribution is 5.71. The van der Waals surface area contributed by atoms with Gasteiger partial charge in [0.15, 0.2) is 6.10 Å². The van der Waals surface area contributed by atoms with Crippen LogP contribution < -0.4 is 0 Å². The number of hydrogen-bond acceptors (Lipinski definition) is 6. The maximum atomic E-state index is 12.8. The quantitative estimate of drug-likeness (QED) is 0.0262. The average molecular weight is 926 g/mol. The van der Waals surface area contributed by atoms with Gasteiger partial charge in [0.05, 0.1) is 0 Å². The molecule has 0 aliphatic carbocycles. The molecule has 0 rings (SSSR count). The number of esters is 3. The fourth-order valence-corrected chi connectivity index (χ4v) is 8.20. The molecule has 6 nitrogen and oxygen atoms in total. The van der Waals surface area contributed by atoms with Crippen molar-refractivity contribution in [3.05, 3.63) is 48.6 Å². The van der Waals surface area contributed by atoms with Gasteiger partial charge in [-0.1, -0.05) is 249 Å². The molecule has 0 bridgehead atoms. The predicted octanol–water partition coefficient (Wildman–Crippen LogP) is 19.0. The van der Waals surface area contributed by atoms with Crippen LogP contribution in [0.4, 0.5) is 0 Å². The Morgan fingerprint density at radius 3 is 0.909 bits per heavy atom. The van der Waals surface area contributed by atoms with E-state index >= 15 is 0 Å². The van der Waals surface area contributed by atoms with Gasteiger partial charge in [-0.05, 0) is 77.0 Å². The maximum absolute atomic E-state index is 12.8. The van der Waals surface area contributed by atoms with Crippen LogP contribution in [-0.2, 0) is 28.6 Å². The Balaban J connectivity index is 4.35. The van der Waals surface area contributed by atoms with Crippen LogP contribution in [0.15, 0.2) is 48.6 Å². The summed E-state index contributed by atoms with van der Waals surface area (Å²) in [6.45, 7) is 6.59. The molecular formula is C60H108O6. The molecule has 1 unspecified atom stereocenters. The van der Waals surface area contributed by atoms with Gasteiger partial charge >= 0.3 is 17.9 Å². The van der Waals surface area contributed by atoms with Crippen molar-refractivity contribution < 1.29 is 28.6 Å². The Morgan fingerprint density at radius 1 is 0.303 bits per heavy atom. The lowest BCUT2D eigenvalue weighted by Crippen LogP contribution is -2.30. The number of carbonyl (C=O) groups excluding carboxylic acids is 3. The van der Waals surface area contributed by atoms with E-state index in [9.17, 15) is 14.4 Å². The van der Waals surface area contributed by atoms with Gasteiger partial charge in [0.25, 0.3) is 0 Å². The van der Waals surface area contributed by atoms with E-state index < -0.39 is 6.10 Å². The number of ether oxygens (including phenoxy) is 3. The number of carbonyl (C=O) groups is 3. The van der Waals surface area contributed by atoms with Gasteiger partial charge in [-0.15, -0.1) is 0 Å². The maximum Gasteiger partial charge on any atom is 0.306 e. The molecule has 0 saturated heterocycles. The third-order valence-electron chi connectivity index (χ3n) is 12.6. The van der Waals surface area contributed by atoms with Crippen LogP contribution in [0.3, 0.4) is 0 Å². The van der Waals surface area contributed by atoms with Crippen LogP contribution in [-0.4, -0.2) is 37.2 Å². The first-order chi connectivity index (χ1) is 32.5. The number of rotatable bonds is 52. The summed E-state index contributed by atoms with van der Waals surface area (Å²) >= 11 is 0. The second kappa shape index (κ2) is 55.0. The highest BCUT2D eigenvalue weighted by atomic mass is 16.6. The van der Waals surface area contributed by atoms with Crippen molar-refractivity contribution in [2.75, 3.05) is 13.2 Å². The van der Waals surface area contributed by atoms with Gasteiger partial charge in [-0.25, -0.2) is 0 Å². The molecule has 0 radical (unpaired) electrons. The molecule has 384 valence electrons. The minimum Gasteiger partial charge on any atom is -0.462 e. The van der Waals surface area contributed by atoms with Crippen LogP contribution in [0, 0.1) is 0 Å². The van der Waals surface area contributed by atoms with Crippen molar-refractivity contribution in [1.29, 1.82) is 0 Å². The van der Waals surface area contributed by atoms with Gasteiger partial charge in [-0.3, -0.25) is 14.4 Å². The normalized spacial score (nSPS) is 12.3. The Morgan fingerprint density at radius 2 is 0.561 bits per heavy atom. The van der Waals surface area contributed by atoms with E-state index in [4.69, 9.17) is 14.2 Å². The lowest BCUT2D eigenvalue weighted by Gasteiger charge is -2.18. The molecule has 1 atom stereocenters. The van der Waals surface area contributed by atoms with E-state index in [1.807, 2.05) is 0 Å². The minimum absolute atomic E-state index is 0.0771. The molecule has 0 spiro atoms. The lowest BCUT2D eigenvalue weighted by molar-refractivity contribution is -0.167. The second-order valence-corrected chi connectivity index (χ2v) is 19.2. The molecule has 0 amide bonds. The van der Waals surface area contributed by atoms with E-state index in [-0.39, 0.29) is 31.1 Å². The summed E-state index contributed by atoms with van der Waals surface area (Å²) in [6.07, 6.45) is 66.6. The molecule has 0 aliphatic rings. The van der Waals surface area contributed by atoms with Crippen LogP contribution >= 0.6 is 0 Å². The summed E-state index contributed by atoms with van der Waals surface area (Å²) in [5, 5.41) is 0. The molecule has 0 aromatic carbocycles. The van der Waals surface area contributed by atoms with E-state index in [2.05, 4.69) is 69.4 Å². The highest BCUT2D eigenvalue weighted by Crippen LogP contribution is 2.16. The number of allylic oxidation sites excluding steroid dienone is 8. The largest absolute Gasteiger partial charge is 0.462 e. The molecule has 0 aromatic rings. The van der Waals surface area contributed by atoms with Crippen LogP contribution in [0.5, 0.6) is 0 Å². The first kappa shape index (κ1) is 63.4. The first-order valence-corrected chi connectivity index (χ1v) is 28.6. The molecule has 0 aliphatic heterocycles. The molecule has 0 aromatic heterocycles. The third-order valence-corrected chi connectivity index (χ3v) is 12.6. The molecule has 0 heterocycles. The van der Waals surface area contributed by atoms with Crippen molar-refractivity contribution in [2.45, 2.75) is 303 Å². The molecule has 66 heavy (non-hydrogen) atoms. The standard InChI is InChI=1S/C60H108O6/c1-4-7-10-13-16-19-22-25-28-29-30-31-33-35-38-41-44-47-50-53-59(62)65-56-57(55-64-58(61)52-49-46-43-40-37-34-27-24-21-18-15-12-9-6-3)66-60(63)54-51-48-45-42-39-36-32-26-23-20-17-14-11-8-5-2/h15-16,18-19,24-25,27-28,57H,4-14,17,20-23,26,29-56H2,1-3H3/b18-15-,19-16-,27-24-,28-25-. The smallest absolute Gasteiger partial charge is 0.306 e. The minimum atomic E-state index is -0.778. The first-order valence-electron chi connectivity index (χ1n) is 28.6. The van der Waals surface area contributed by atoms with E-state index in [0.717, 1.165) is 83.5 Å². The number of hydrogen-bond donors (Lipinski definition) is 0. The Labute approximate surface area is 409 Å². The summed E-state index contributed by atoms with van der Waals surface area (Å²) in [5.41, 5.74) is 0. The summed E-state index contributed by atoms with van der Waals surface area (Å²) in [5.74, 6) is -0.881. The van der Waals surface area contributed by atoms with Crippen LogP contribution in [0.1, 0.15) is 297 Å². The number of unbranched alkanes of at least 4 members (excludes halogenated alkanes) is 33. The van der Waals surface area contributed by atoms with Gasteiger partial charge in [0, 0.05) is 19.3 Å². The Kier molecular flexibility index (Phi) is 52.8. The van der Waals surface area contributed by atoms with E-state index in [0.29, 0.717) is 19.3 Å². The topological polar surface area (TPSA) is 78.9 Å². The monoisotopic (exact) mass is 925 g/mol. The average Bonchev–Trinajstić information content (AvgIpc) is 3.31. The second-order valence-electron chi connectivity index (χ2n) is 19.2. The highest BCUT2D eigenvalue weighted by Gasteiger charge is 2.19. The van der Waals surface area contributed by atoms with Gasteiger partial charge in [0.2, 0.25) is 0 Å². The lowest BCUT2D eigenvalue weighted by atomic mass is 10.0. The molecule has 0 fully saturated rings. The van der Waals surface area contributed by atoms with Gasteiger partial charge < -0.3 is 14.2 Å². The van der Waals surface area contributed by atoms with E-state index in [1.165, 1.54) is 173 Å². The fraction of sp³-hybridized carbons (Fsp3) is 0.817. The Hall–Kier alpha value is -2.63. The van der Waals surface area contributed by atoms with E-state index in [1.54, 1.807) is 0 Å². The van der Waals surface area contributed by atoms with Crippen molar-refractivity contribution in [1.82, 2.24) is 0 Å². The van der Waals surface area contributed by atoms with Gasteiger partial charge in [-0.2, -0.15) is 0 Å². The van der Waals surface area contributed by atoms with Crippen molar-refractivity contribution in [3.63, 3.8) is 0 Å². The molecule has 6 heteroatoms. The summed E-state index contributed by atoms with van der Waals surface area (Å²) < 4.78 is 16.9. The van der Waals surface area contributed by atoms with Crippen LogP contribution in [0.2, 0.25) is 0 Å². The summed E-state index contributed by atoms with van der Waals surface area (Å²) in [7, 11) is 0. The zero-order valence-electron chi connectivity index (χ0n) is 44.0. The summed E-state index contributed by atoms with van der Waals surface area (Å²) in [6, 6.07) is 0. The summed E-state index contributed by atoms with van der Waals surface area (Å²) in [4.78, 5) is 38.1. The van der Waals surface area contributed by atoms with Crippen molar-refractivity contribution >= 4 is 17.9 Å². The Bertz CT molecular complexity index is 1150.